The van der Waals surface area contributed by atoms with Gasteiger partial charge in [-0.25, -0.2) is 0 Å². The van der Waals surface area contributed by atoms with E-state index in [0.29, 0.717) is 0 Å². The summed E-state index contributed by atoms with van der Waals surface area (Å²) < 4.78 is 4.36. The molecule has 1 N–H and O–H groups in total. The molecule has 0 aromatic carbocycles. The molecule has 6 heavy (non-hydrogen) atoms. The molecular weight excluding hydrogens is 102 g/mol. The van der Waals surface area contributed by atoms with Crippen LogP contribution in [0.2, 0.25) is 0 Å². The van der Waals surface area contributed by atoms with Crippen LogP contribution in [0.1, 0.15) is 6.92 Å². The van der Waals surface area contributed by atoms with Crippen LogP contribution in [0.5, 0.6) is 0 Å². The van der Waals surface area contributed by atoms with Crippen molar-refractivity contribution in [3.63, 3.8) is 0 Å². The summed E-state index contributed by atoms with van der Waals surface area (Å²) in [5, 5.41) is 7.93. The Morgan fingerprint density at radius 1 is 2.00 bits per heavy atom. The topological polar surface area (TPSA) is 29.5 Å². The molecule has 36 valence electrons. The Morgan fingerprint density at radius 2 is 2.50 bits per heavy atom. The van der Waals surface area contributed by atoms with Gasteiger partial charge in [0.2, 0.25) is 0 Å². The van der Waals surface area contributed by atoms with Crippen LogP contribution in [-0.4, -0.2) is 18.3 Å². The second kappa shape index (κ2) is 3.46. The summed E-state index contributed by atoms with van der Waals surface area (Å²) in [6, 6.07) is 0. The number of hydrogen-bond donors (Lipinski definition) is 1. The number of rotatable bonds is 2. The van der Waals surface area contributed by atoms with Crippen LogP contribution in [0.25, 0.3) is 0 Å². The largest absolute Gasteiger partial charge is 0.436 e. The lowest BCUT2D eigenvalue weighted by Crippen LogP contribution is -2.02. The predicted molar refractivity (Wildman–Crippen MR) is 25.8 cm³/mol. The summed E-state index contributed by atoms with van der Waals surface area (Å²) in [5.41, 5.74) is -0.380. The summed E-state index contributed by atoms with van der Waals surface area (Å²) >= 11 is 5.20. The van der Waals surface area contributed by atoms with E-state index < -0.39 is 0 Å². The lowest BCUT2D eigenvalue weighted by molar-refractivity contribution is 0.270. The summed E-state index contributed by atoms with van der Waals surface area (Å²) in [6.45, 7) is 1.64. The van der Waals surface area contributed by atoms with E-state index >= 15 is 0 Å². The van der Waals surface area contributed by atoms with Gasteiger partial charge in [0.15, 0.2) is 0 Å². The standard InChI is InChI=1S/C2H6BClO2/c1-2(4)6-3-5/h2-3,5H,1H3. The van der Waals surface area contributed by atoms with Crippen molar-refractivity contribution in [2.45, 2.75) is 12.5 Å². The van der Waals surface area contributed by atoms with Crippen molar-refractivity contribution < 1.29 is 9.68 Å². The first-order valence-corrected chi connectivity index (χ1v) is 2.07. The van der Waals surface area contributed by atoms with Crippen LogP contribution in [0.3, 0.4) is 0 Å². The van der Waals surface area contributed by atoms with Gasteiger partial charge in [-0.1, -0.05) is 11.6 Å². The van der Waals surface area contributed by atoms with Gasteiger partial charge < -0.3 is 9.68 Å². The highest BCUT2D eigenvalue weighted by atomic mass is 35.5. The Kier molecular flexibility index (Phi) is 3.62. The van der Waals surface area contributed by atoms with Crippen molar-refractivity contribution in [1.29, 1.82) is 0 Å². The molecule has 1 unspecified atom stereocenters. The van der Waals surface area contributed by atoms with Gasteiger partial charge in [-0.2, -0.15) is 0 Å². The van der Waals surface area contributed by atoms with Crippen LogP contribution >= 0.6 is 11.6 Å². The first-order valence-electron chi connectivity index (χ1n) is 1.64. The van der Waals surface area contributed by atoms with Crippen molar-refractivity contribution in [3.8, 4) is 0 Å². The average molecular weight is 108 g/mol. The van der Waals surface area contributed by atoms with Gasteiger partial charge >= 0.3 is 7.69 Å². The third kappa shape index (κ3) is 4.27. The maximum atomic E-state index is 7.93. The van der Waals surface area contributed by atoms with Crippen LogP contribution < -0.4 is 0 Å². The Labute approximate surface area is 42.4 Å². The molecule has 0 spiro atoms. The molecule has 0 fully saturated rings. The molecule has 0 aromatic heterocycles. The maximum absolute atomic E-state index is 7.93. The molecule has 0 heterocycles. The zero-order valence-corrected chi connectivity index (χ0v) is 4.27. The van der Waals surface area contributed by atoms with E-state index in [1.165, 1.54) is 0 Å². The van der Waals surface area contributed by atoms with E-state index in [4.69, 9.17) is 16.6 Å². The lowest BCUT2D eigenvalue weighted by atomic mass is 10.4. The van der Waals surface area contributed by atoms with Crippen molar-refractivity contribution in [3.05, 3.63) is 0 Å². The Hall–Kier alpha value is 0.275. The molecule has 4 heteroatoms. The van der Waals surface area contributed by atoms with Crippen LogP contribution in [0.4, 0.5) is 0 Å². The van der Waals surface area contributed by atoms with Gasteiger partial charge in [0.1, 0.15) is 5.56 Å². The molecule has 0 bridgehead atoms. The predicted octanol–water partition coefficient (Wildman–Crippen LogP) is -0.153. The maximum Gasteiger partial charge on any atom is 0.436 e. The zero-order valence-electron chi connectivity index (χ0n) is 3.52. The molecule has 2 nitrogen and oxygen atoms in total. The highest BCUT2D eigenvalue weighted by Gasteiger charge is 1.90. The first kappa shape index (κ1) is 6.27. The molecule has 0 amide bonds. The smallest absolute Gasteiger partial charge is 0.430 e. The third-order valence-electron chi connectivity index (χ3n) is 0.304. The number of hydrogen-bond acceptors (Lipinski definition) is 2. The third-order valence-corrected chi connectivity index (χ3v) is 0.430. The fraction of sp³-hybridized carbons (Fsp3) is 1.00. The van der Waals surface area contributed by atoms with Crippen LogP contribution in [-0.2, 0) is 4.65 Å². The minimum absolute atomic E-state index is 0.301. The summed E-state index contributed by atoms with van der Waals surface area (Å²) in [7, 11) is -0.301. The minimum Gasteiger partial charge on any atom is -0.430 e. The molecule has 0 aliphatic heterocycles. The summed E-state index contributed by atoms with van der Waals surface area (Å²) in [4.78, 5) is 0. The highest BCUT2D eigenvalue weighted by molar-refractivity contribution is 6.23. The van der Waals surface area contributed by atoms with Crippen LogP contribution in [0, 0.1) is 0 Å². The van der Waals surface area contributed by atoms with Crippen molar-refractivity contribution in [1.82, 2.24) is 0 Å². The molecule has 0 rings (SSSR count). The van der Waals surface area contributed by atoms with E-state index in [1.807, 2.05) is 0 Å². The average Bonchev–Trinajstić information content (AvgIpc) is 1.35. The SMILES string of the molecule is CC(Cl)OBO. The quantitative estimate of drug-likeness (QED) is 0.394. The second-order valence-corrected chi connectivity index (χ2v) is 1.45. The van der Waals surface area contributed by atoms with Crippen molar-refractivity contribution >= 4 is 19.3 Å². The monoisotopic (exact) mass is 108 g/mol. The fourth-order valence-electron chi connectivity index (χ4n) is 0.103. The first-order chi connectivity index (χ1) is 2.77. The zero-order chi connectivity index (χ0) is 4.99. The van der Waals surface area contributed by atoms with Gasteiger partial charge in [-0.05, 0) is 6.92 Å². The van der Waals surface area contributed by atoms with E-state index in [9.17, 15) is 0 Å². The lowest BCUT2D eigenvalue weighted by Gasteiger charge is -1.96. The van der Waals surface area contributed by atoms with Gasteiger partial charge in [0, 0.05) is 0 Å². The minimum atomic E-state index is -0.380. The Balaban J connectivity index is 2.63. The number of halogens is 1. The Morgan fingerprint density at radius 3 is 2.50 bits per heavy atom. The van der Waals surface area contributed by atoms with Gasteiger partial charge in [-0.15, -0.1) is 0 Å². The van der Waals surface area contributed by atoms with Crippen molar-refractivity contribution in [2.75, 3.05) is 0 Å². The van der Waals surface area contributed by atoms with E-state index in [0.717, 1.165) is 0 Å². The van der Waals surface area contributed by atoms with Crippen LogP contribution in [0.15, 0.2) is 0 Å². The van der Waals surface area contributed by atoms with Gasteiger partial charge in [0.05, 0.1) is 0 Å². The van der Waals surface area contributed by atoms with Crippen molar-refractivity contribution in [2.24, 2.45) is 0 Å². The summed E-state index contributed by atoms with van der Waals surface area (Å²) in [5.74, 6) is 0. The molecule has 0 saturated heterocycles. The fourth-order valence-corrected chi connectivity index (χ4v) is 0.159. The molecule has 0 aliphatic carbocycles. The Bertz CT molecular complexity index is 32.7. The number of alkyl halides is 1. The molecule has 0 aliphatic rings. The summed E-state index contributed by atoms with van der Waals surface area (Å²) in [6.07, 6.45) is 0. The van der Waals surface area contributed by atoms with E-state index in [-0.39, 0.29) is 13.2 Å². The second-order valence-electron chi connectivity index (χ2n) is 0.839. The highest BCUT2D eigenvalue weighted by Crippen LogP contribution is 1.90. The van der Waals surface area contributed by atoms with E-state index in [1.54, 1.807) is 6.92 Å². The normalized spacial score (nSPS) is 13.8. The molecule has 0 aromatic rings. The van der Waals surface area contributed by atoms with Gasteiger partial charge in [0.25, 0.3) is 0 Å². The molecule has 0 saturated carbocycles. The molecule has 1 atom stereocenters. The molecule has 0 radical (unpaired) electrons. The van der Waals surface area contributed by atoms with Gasteiger partial charge in [-0.3, -0.25) is 0 Å². The molecular formula is C2H6BClO2. The van der Waals surface area contributed by atoms with E-state index in [2.05, 4.69) is 4.65 Å².